The molecule has 0 saturated carbocycles. The predicted molar refractivity (Wildman–Crippen MR) is 80.4 cm³/mol. The van der Waals surface area contributed by atoms with Gasteiger partial charge in [0.25, 0.3) is 5.69 Å². The van der Waals surface area contributed by atoms with Gasteiger partial charge in [-0.1, -0.05) is 6.07 Å². The summed E-state index contributed by atoms with van der Waals surface area (Å²) < 4.78 is 2.03. The number of nitrogens with one attached hydrogen (secondary N) is 1. The third kappa shape index (κ3) is 2.69. The van der Waals surface area contributed by atoms with Gasteiger partial charge in [0.1, 0.15) is 5.65 Å². The van der Waals surface area contributed by atoms with Crippen molar-refractivity contribution in [2.45, 2.75) is 13.5 Å². The molecular weight excluding hydrogens is 268 g/mol. The SMILES string of the molecule is Cc1cccc2nc(CNc3ccc([N+](=O)[O-])cc3)cn12. The Labute approximate surface area is 121 Å². The van der Waals surface area contributed by atoms with E-state index in [1.165, 1.54) is 12.1 Å². The number of nitro groups is 1. The summed E-state index contributed by atoms with van der Waals surface area (Å²) >= 11 is 0. The van der Waals surface area contributed by atoms with Gasteiger partial charge in [0.05, 0.1) is 17.2 Å². The van der Waals surface area contributed by atoms with Gasteiger partial charge in [-0.2, -0.15) is 0 Å². The number of nitro benzene ring substituents is 1. The minimum absolute atomic E-state index is 0.0869. The quantitative estimate of drug-likeness (QED) is 0.589. The molecule has 0 bridgehead atoms. The Morgan fingerprint density at radius 3 is 2.67 bits per heavy atom. The summed E-state index contributed by atoms with van der Waals surface area (Å²) in [5.74, 6) is 0. The monoisotopic (exact) mass is 282 g/mol. The lowest BCUT2D eigenvalue weighted by Gasteiger charge is -2.03. The fourth-order valence-electron chi connectivity index (χ4n) is 2.18. The maximum absolute atomic E-state index is 10.6. The number of nitrogens with zero attached hydrogens (tertiary/aromatic N) is 3. The summed E-state index contributed by atoms with van der Waals surface area (Å²) in [7, 11) is 0. The molecule has 0 fully saturated rings. The summed E-state index contributed by atoms with van der Waals surface area (Å²) in [6, 6.07) is 12.3. The van der Waals surface area contributed by atoms with Crippen LogP contribution in [0.2, 0.25) is 0 Å². The molecule has 21 heavy (non-hydrogen) atoms. The van der Waals surface area contributed by atoms with Crippen LogP contribution in [-0.4, -0.2) is 14.3 Å². The molecule has 6 nitrogen and oxygen atoms in total. The van der Waals surface area contributed by atoms with E-state index in [9.17, 15) is 10.1 Å². The number of fused-ring (bicyclic) bond motifs is 1. The van der Waals surface area contributed by atoms with E-state index in [0.29, 0.717) is 6.54 Å². The number of anilines is 1. The van der Waals surface area contributed by atoms with Crippen molar-refractivity contribution in [2.75, 3.05) is 5.32 Å². The fourth-order valence-corrected chi connectivity index (χ4v) is 2.18. The Bertz CT molecular complexity index is 793. The first kappa shape index (κ1) is 13.1. The Kier molecular flexibility index (Phi) is 3.27. The highest BCUT2D eigenvalue weighted by atomic mass is 16.6. The third-order valence-corrected chi connectivity index (χ3v) is 3.30. The zero-order valence-electron chi connectivity index (χ0n) is 11.5. The zero-order chi connectivity index (χ0) is 14.8. The van der Waals surface area contributed by atoms with Crippen LogP contribution < -0.4 is 5.32 Å². The summed E-state index contributed by atoms with van der Waals surface area (Å²) in [5.41, 5.74) is 3.87. The number of aryl methyl sites for hydroxylation is 1. The molecule has 0 unspecified atom stereocenters. The molecule has 0 atom stereocenters. The molecule has 0 saturated heterocycles. The van der Waals surface area contributed by atoms with E-state index >= 15 is 0 Å². The second kappa shape index (κ2) is 5.24. The molecule has 0 aliphatic heterocycles. The summed E-state index contributed by atoms with van der Waals surface area (Å²) in [4.78, 5) is 14.7. The van der Waals surface area contributed by atoms with E-state index in [4.69, 9.17) is 0 Å². The van der Waals surface area contributed by atoms with E-state index in [1.54, 1.807) is 12.1 Å². The van der Waals surface area contributed by atoms with E-state index in [-0.39, 0.29) is 5.69 Å². The highest BCUT2D eigenvalue weighted by Gasteiger charge is 2.05. The van der Waals surface area contributed by atoms with Gasteiger partial charge in [-0.05, 0) is 31.2 Å². The summed E-state index contributed by atoms with van der Waals surface area (Å²) in [6.07, 6.45) is 1.99. The number of aromatic nitrogens is 2. The van der Waals surface area contributed by atoms with E-state index < -0.39 is 4.92 Å². The molecular formula is C15H14N4O2. The van der Waals surface area contributed by atoms with Crippen LogP contribution >= 0.6 is 0 Å². The lowest BCUT2D eigenvalue weighted by atomic mass is 10.3. The number of pyridine rings is 1. The van der Waals surface area contributed by atoms with Gasteiger partial charge in [0, 0.05) is 29.7 Å². The Balaban J connectivity index is 1.74. The first-order chi connectivity index (χ1) is 10.1. The lowest BCUT2D eigenvalue weighted by molar-refractivity contribution is -0.384. The van der Waals surface area contributed by atoms with Crippen molar-refractivity contribution in [3.8, 4) is 0 Å². The van der Waals surface area contributed by atoms with E-state index in [0.717, 1.165) is 22.7 Å². The molecule has 2 heterocycles. The molecule has 0 aliphatic rings. The number of hydrogen-bond acceptors (Lipinski definition) is 4. The number of imidazole rings is 1. The zero-order valence-corrected chi connectivity index (χ0v) is 11.5. The molecule has 0 radical (unpaired) electrons. The molecule has 0 aliphatic carbocycles. The molecule has 3 rings (SSSR count). The molecule has 106 valence electrons. The van der Waals surface area contributed by atoms with Crippen LogP contribution in [0.3, 0.4) is 0 Å². The summed E-state index contributed by atoms with van der Waals surface area (Å²) in [5, 5.41) is 13.8. The normalized spacial score (nSPS) is 10.7. The van der Waals surface area contributed by atoms with Crippen molar-refractivity contribution in [2.24, 2.45) is 0 Å². The lowest BCUT2D eigenvalue weighted by Crippen LogP contribution is -1.99. The van der Waals surface area contributed by atoms with Gasteiger partial charge >= 0.3 is 0 Å². The Morgan fingerprint density at radius 1 is 1.24 bits per heavy atom. The molecule has 0 amide bonds. The van der Waals surface area contributed by atoms with Crippen molar-refractivity contribution < 1.29 is 4.92 Å². The van der Waals surface area contributed by atoms with E-state index in [1.807, 2.05) is 35.7 Å². The van der Waals surface area contributed by atoms with Gasteiger partial charge in [-0.25, -0.2) is 4.98 Å². The molecule has 0 spiro atoms. The van der Waals surface area contributed by atoms with Crippen molar-refractivity contribution in [1.29, 1.82) is 0 Å². The van der Waals surface area contributed by atoms with Crippen LogP contribution in [0.25, 0.3) is 5.65 Å². The van der Waals surface area contributed by atoms with Gasteiger partial charge < -0.3 is 9.72 Å². The van der Waals surface area contributed by atoms with E-state index in [2.05, 4.69) is 10.3 Å². The smallest absolute Gasteiger partial charge is 0.269 e. The van der Waals surface area contributed by atoms with Gasteiger partial charge in [-0.15, -0.1) is 0 Å². The van der Waals surface area contributed by atoms with Crippen molar-refractivity contribution in [1.82, 2.24) is 9.38 Å². The standard InChI is InChI=1S/C15H14N4O2/c1-11-3-2-4-15-17-13(10-18(11)15)9-16-12-5-7-14(8-6-12)19(20)21/h2-8,10,16H,9H2,1H3. The second-order valence-corrected chi connectivity index (χ2v) is 4.79. The number of rotatable bonds is 4. The number of benzene rings is 1. The Morgan fingerprint density at radius 2 is 2.00 bits per heavy atom. The minimum atomic E-state index is -0.408. The average molecular weight is 282 g/mol. The molecule has 1 aromatic carbocycles. The summed E-state index contributed by atoms with van der Waals surface area (Å²) in [6.45, 7) is 2.60. The largest absolute Gasteiger partial charge is 0.379 e. The number of hydrogen-bond donors (Lipinski definition) is 1. The molecule has 6 heteroatoms. The maximum atomic E-state index is 10.6. The van der Waals surface area contributed by atoms with Gasteiger partial charge in [0.2, 0.25) is 0 Å². The minimum Gasteiger partial charge on any atom is -0.379 e. The van der Waals surface area contributed by atoms with Crippen molar-refractivity contribution in [3.63, 3.8) is 0 Å². The topological polar surface area (TPSA) is 72.5 Å². The fraction of sp³-hybridized carbons (Fsp3) is 0.133. The molecule has 1 N–H and O–H groups in total. The van der Waals surface area contributed by atoms with Crippen molar-refractivity contribution in [3.05, 3.63) is 70.2 Å². The average Bonchev–Trinajstić information content (AvgIpc) is 2.90. The predicted octanol–water partition coefficient (Wildman–Crippen LogP) is 3.16. The van der Waals surface area contributed by atoms with Crippen LogP contribution in [0.5, 0.6) is 0 Å². The van der Waals surface area contributed by atoms with Gasteiger partial charge in [0.15, 0.2) is 0 Å². The Hall–Kier alpha value is -2.89. The van der Waals surface area contributed by atoms with Crippen LogP contribution in [0.15, 0.2) is 48.7 Å². The third-order valence-electron chi connectivity index (χ3n) is 3.30. The second-order valence-electron chi connectivity index (χ2n) is 4.79. The first-order valence-corrected chi connectivity index (χ1v) is 6.55. The molecule has 2 aromatic heterocycles. The van der Waals surface area contributed by atoms with Crippen LogP contribution in [-0.2, 0) is 6.54 Å². The van der Waals surface area contributed by atoms with Gasteiger partial charge in [-0.3, -0.25) is 10.1 Å². The molecule has 3 aromatic rings. The maximum Gasteiger partial charge on any atom is 0.269 e. The highest BCUT2D eigenvalue weighted by molar-refractivity contribution is 5.49. The first-order valence-electron chi connectivity index (χ1n) is 6.55. The highest BCUT2D eigenvalue weighted by Crippen LogP contribution is 2.16. The van der Waals surface area contributed by atoms with Crippen LogP contribution in [0.4, 0.5) is 11.4 Å². The van der Waals surface area contributed by atoms with Crippen LogP contribution in [0.1, 0.15) is 11.4 Å². The van der Waals surface area contributed by atoms with Crippen molar-refractivity contribution >= 4 is 17.0 Å². The van der Waals surface area contributed by atoms with Crippen LogP contribution in [0, 0.1) is 17.0 Å². The number of non-ortho nitro benzene ring substituents is 1.